The number of likely N-dealkylation sites (N-methyl/N-ethyl adjacent to an activating group) is 1. The van der Waals surface area contributed by atoms with Crippen molar-refractivity contribution in [3.63, 3.8) is 0 Å². The maximum Gasteiger partial charge on any atom is 0.273 e. The Bertz CT molecular complexity index is 760. The maximum absolute atomic E-state index is 14.4. The van der Waals surface area contributed by atoms with E-state index in [-0.39, 0.29) is 17.9 Å². The highest BCUT2D eigenvalue weighted by Crippen LogP contribution is 2.21. The minimum atomic E-state index is -0.569. The largest absolute Gasteiger partial charge is 0.489 e. The molecule has 2 aromatic rings. The van der Waals surface area contributed by atoms with Crippen LogP contribution in [0.3, 0.4) is 0 Å². The highest BCUT2D eigenvalue weighted by molar-refractivity contribution is 6.45. The van der Waals surface area contributed by atoms with Crippen LogP contribution >= 0.6 is 0 Å². The summed E-state index contributed by atoms with van der Waals surface area (Å²) in [4.78, 5) is 16.7. The maximum atomic E-state index is 14.4. The van der Waals surface area contributed by atoms with E-state index >= 15 is 0 Å². The summed E-state index contributed by atoms with van der Waals surface area (Å²) in [6, 6.07) is 12.0. The lowest BCUT2D eigenvalue weighted by Crippen LogP contribution is -2.30. The Balaban J connectivity index is 2.37. The molecule has 2 rings (SSSR count). The molecule has 1 N–H and O–H groups in total. The van der Waals surface area contributed by atoms with Crippen molar-refractivity contribution in [2.45, 2.75) is 13.5 Å². The molecule has 0 aliphatic rings. The molecular weight excluding hydrogens is 311 g/mol. The Hall–Kier alpha value is -2.89. The molecule has 0 saturated heterocycles. The third-order valence-electron chi connectivity index (χ3n) is 3.44. The molecule has 126 valence electrons. The van der Waals surface area contributed by atoms with Gasteiger partial charge in [0.2, 0.25) is 0 Å². The molecule has 0 bridgehead atoms. The summed E-state index contributed by atoms with van der Waals surface area (Å²) in [5.41, 5.74) is 1.39. The zero-order chi connectivity index (χ0) is 17.5. The number of amides is 1. The molecule has 0 aliphatic carbocycles. The van der Waals surface area contributed by atoms with Crippen molar-refractivity contribution in [1.82, 2.24) is 5.32 Å². The minimum absolute atomic E-state index is 0.0623. The van der Waals surface area contributed by atoms with Crippen LogP contribution in [0.15, 0.2) is 47.6 Å². The molecule has 0 saturated carbocycles. The van der Waals surface area contributed by atoms with Gasteiger partial charge < -0.3 is 14.9 Å². The summed E-state index contributed by atoms with van der Waals surface area (Å²) in [5, 5.41) is 6.10. The van der Waals surface area contributed by atoms with Gasteiger partial charge in [-0.25, -0.2) is 4.39 Å². The van der Waals surface area contributed by atoms with Crippen molar-refractivity contribution in [2.75, 3.05) is 14.2 Å². The molecule has 24 heavy (non-hydrogen) atoms. The van der Waals surface area contributed by atoms with Crippen LogP contribution in [0.5, 0.6) is 5.75 Å². The molecule has 1 amide bonds. The number of nitrogens with one attached hydrogen (secondary N) is 1. The number of oxime groups is 1. The lowest BCUT2D eigenvalue weighted by molar-refractivity contribution is -0.114. The smallest absolute Gasteiger partial charge is 0.273 e. The zero-order valence-electron chi connectivity index (χ0n) is 13.8. The van der Waals surface area contributed by atoms with E-state index in [1.165, 1.54) is 20.2 Å². The van der Waals surface area contributed by atoms with Crippen molar-refractivity contribution in [2.24, 2.45) is 5.16 Å². The van der Waals surface area contributed by atoms with Crippen molar-refractivity contribution < 1.29 is 18.8 Å². The van der Waals surface area contributed by atoms with Crippen LogP contribution in [0.25, 0.3) is 0 Å². The first kappa shape index (κ1) is 17.5. The number of carbonyl (C=O) groups excluding carboxylic acids is 1. The number of benzene rings is 2. The summed E-state index contributed by atoms with van der Waals surface area (Å²) >= 11 is 0. The molecule has 0 aromatic heterocycles. The van der Waals surface area contributed by atoms with Gasteiger partial charge in [0.1, 0.15) is 25.3 Å². The fourth-order valence-electron chi connectivity index (χ4n) is 2.24. The second kappa shape index (κ2) is 8.10. The van der Waals surface area contributed by atoms with E-state index in [1.54, 1.807) is 12.1 Å². The molecule has 0 radical (unpaired) electrons. The first-order chi connectivity index (χ1) is 11.6. The molecule has 0 heterocycles. The molecule has 0 spiro atoms. The molecule has 2 aromatic carbocycles. The van der Waals surface area contributed by atoms with Crippen LogP contribution in [0.1, 0.15) is 16.7 Å². The molecular formula is C18H19FN2O3. The predicted octanol–water partition coefficient (Wildman–Crippen LogP) is 2.81. The topological polar surface area (TPSA) is 59.9 Å². The molecule has 5 nitrogen and oxygen atoms in total. The predicted molar refractivity (Wildman–Crippen MR) is 89.5 cm³/mol. The van der Waals surface area contributed by atoms with E-state index in [0.29, 0.717) is 11.3 Å². The van der Waals surface area contributed by atoms with E-state index in [2.05, 4.69) is 10.5 Å². The summed E-state index contributed by atoms with van der Waals surface area (Å²) in [5.74, 6) is -0.419. The molecule has 0 atom stereocenters. The second-order valence-corrected chi connectivity index (χ2v) is 5.03. The van der Waals surface area contributed by atoms with Crippen LogP contribution in [0.2, 0.25) is 0 Å². The van der Waals surface area contributed by atoms with E-state index < -0.39 is 11.7 Å². The van der Waals surface area contributed by atoms with Gasteiger partial charge in [-0.2, -0.15) is 0 Å². The molecule has 0 aliphatic heterocycles. The quantitative estimate of drug-likeness (QED) is 0.654. The van der Waals surface area contributed by atoms with Crippen LogP contribution in [0, 0.1) is 12.7 Å². The number of ether oxygens (including phenoxy) is 1. The van der Waals surface area contributed by atoms with Gasteiger partial charge >= 0.3 is 0 Å². The Morgan fingerprint density at radius 3 is 2.62 bits per heavy atom. The number of rotatable bonds is 6. The van der Waals surface area contributed by atoms with Gasteiger partial charge in [-0.05, 0) is 24.6 Å². The Labute approximate surface area is 140 Å². The SMILES string of the molecule is CNC(=O)C(=NOC)c1c(F)cccc1COc1ccccc1C. The summed E-state index contributed by atoms with van der Waals surface area (Å²) in [6.45, 7) is 2.02. The Kier molecular flexibility index (Phi) is 5.89. The highest BCUT2D eigenvalue weighted by atomic mass is 19.1. The van der Waals surface area contributed by atoms with Gasteiger partial charge in [-0.1, -0.05) is 35.5 Å². The number of halogens is 1. The minimum Gasteiger partial charge on any atom is -0.489 e. The number of hydrogen-bond acceptors (Lipinski definition) is 4. The average molecular weight is 330 g/mol. The third kappa shape index (κ3) is 3.90. The van der Waals surface area contributed by atoms with Gasteiger partial charge in [0.05, 0.1) is 5.56 Å². The van der Waals surface area contributed by atoms with E-state index in [4.69, 9.17) is 9.57 Å². The molecule has 0 unspecified atom stereocenters. The summed E-state index contributed by atoms with van der Waals surface area (Å²) in [6.07, 6.45) is 0. The lowest BCUT2D eigenvalue weighted by Gasteiger charge is -2.14. The van der Waals surface area contributed by atoms with Gasteiger partial charge in [-0.3, -0.25) is 4.79 Å². The number of hydrogen-bond donors (Lipinski definition) is 1. The summed E-state index contributed by atoms with van der Waals surface area (Å²) in [7, 11) is 2.74. The van der Waals surface area contributed by atoms with Gasteiger partial charge in [0.25, 0.3) is 5.91 Å². The van der Waals surface area contributed by atoms with Crippen LogP contribution in [-0.4, -0.2) is 25.8 Å². The monoisotopic (exact) mass is 330 g/mol. The van der Waals surface area contributed by atoms with Crippen molar-refractivity contribution in [3.05, 3.63) is 65.0 Å². The van der Waals surface area contributed by atoms with Crippen molar-refractivity contribution in [1.29, 1.82) is 0 Å². The van der Waals surface area contributed by atoms with Gasteiger partial charge in [-0.15, -0.1) is 0 Å². The fraction of sp³-hybridized carbons (Fsp3) is 0.222. The van der Waals surface area contributed by atoms with Crippen LogP contribution in [0.4, 0.5) is 4.39 Å². The molecule has 0 fully saturated rings. The number of carbonyl (C=O) groups is 1. The van der Waals surface area contributed by atoms with E-state index in [1.807, 2.05) is 31.2 Å². The zero-order valence-corrected chi connectivity index (χ0v) is 13.8. The van der Waals surface area contributed by atoms with Crippen LogP contribution < -0.4 is 10.1 Å². The number of nitrogens with zero attached hydrogens (tertiary/aromatic N) is 1. The Morgan fingerprint density at radius 1 is 1.21 bits per heavy atom. The third-order valence-corrected chi connectivity index (χ3v) is 3.44. The van der Waals surface area contributed by atoms with Crippen LogP contribution in [-0.2, 0) is 16.2 Å². The van der Waals surface area contributed by atoms with E-state index in [9.17, 15) is 9.18 Å². The summed E-state index contributed by atoms with van der Waals surface area (Å²) < 4.78 is 20.1. The second-order valence-electron chi connectivity index (χ2n) is 5.03. The Morgan fingerprint density at radius 2 is 1.96 bits per heavy atom. The molecule has 6 heteroatoms. The first-order valence-electron chi connectivity index (χ1n) is 7.38. The average Bonchev–Trinajstić information content (AvgIpc) is 2.59. The standard InChI is InChI=1S/C18H19FN2O3/c1-12-7-4-5-10-15(12)24-11-13-8-6-9-14(19)16(13)17(21-23-3)18(22)20-2/h4-10H,11H2,1-3H3,(H,20,22). The van der Waals surface area contributed by atoms with Crippen molar-refractivity contribution in [3.8, 4) is 5.75 Å². The van der Waals surface area contributed by atoms with E-state index in [0.717, 1.165) is 5.56 Å². The normalized spacial score (nSPS) is 11.1. The fourth-order valence-corrected chi connectivity index (χ4v) is 2.24. The van der Waals surface area contributed by atoms with Gasteiger partial charge in [0, 0.05) is 12.6 Å². The lowest BCUT2D eigenvalue weighted by atomic mass is 10.0. The van der Waals surface area contributed by atoms with Gasteiger partial charge in [0.15, 0.2) is 5.71 Å². The first-order valence-corrected chi connectivity index (χ1v) is 7.38. The number of aryl methyl sites for hydroxylation is 1. The highest BCUT2D eigenvalue weighted by Gasteiger charge is 2.22. The number of para-hydroxylation sites is 1. The van der Waals surface area contributed by atoms with Crippen molar-refractivity contribution >= 4 is 11.6 Å².